The predicted octanol–water partition coefficient (Wildman–Crippen LogP) is 3.29. The summed E-state index contributed by atoms with van der Waals surface area (Å²) in [5.41, 5.74) is 3.17. The molecule has 1 unspecified atom stereocenters. The maximum absolute atomic E-state index is 13.0. The number of carbonyl (C=O) groups is 2. The van der Waals surface area contributed by atoms with E-state index in [0.29, 0.717) is 12.1 Å². The monoisotopic (exact) mass is 394 g/mol. The summed E-state index contributed by atoms with van der Waals surface area (Å²) in [6.07, 6.45) is 1.69. The van der Waals surface area contributed by atoms with Gasteiger partial charge in [0.25, 0.3) is 5.91 Å². The summed E-state index contributed by atoms with van der Waals surface area (Å²) < 4.78 is 13.0. The Kier molecular flexibility index (Phi) is 6.39. The van der Waals surface area contributed by atoms with Crippen LogP contribution in [-0.2, 0) is 11.3 Å². The summed E-state index contributed by atoms with van der Waals surface area (Å²) in [5, 5.41) is 12.4. The van der Waals surface area contributed by atoms with E-state index < -0.39 is 17.8 Å². The van der Waals surface area contributed by atoms with Crippen molar-refractivity contribution in [1.29, 1.82) is 0 Å². The number of rotatable bonds is 7. The number of nitrogens with zero attached hydrogens (tertiary/aromatic N) is 1. The quantitative estimate of drug-likeness (QED) is 0.575. The molecule has 0 fully saturated rings. The van der Waals surface area contributed by atoms with Gasteiger partial charge in [-0.25, -0.2) is 4.39 Å². The molecule has 150 valence electrons. The van der Waals surface area contributed by atoms with Crippen LogP contribution in [0.5, 0.6) is 0 Å². The summed E-state index contributed by atoms with van der Waals surface area (Å²) in [7, 11) is 0. The van der Waals surface area contributed by atoms with Crippen molar-refractivity contribution in [2.45, 2.75) is 26.4 Å². The Bertz CT molecular complexity index is 951. The maximum atomic E-state index is 13.0. The minimum absolute atomic E-state index is 0.109. The average molecular weight is 394 g/mol. The van der Waals surface area contributed by atoms with Crippen LogP contribution < -0.4 is 10.6 Å². The van der Waals surface area contributed by atoms with Crippen molar-refractivity contribution >= 4 is 11.8 Å². The Morgan fingerprint density at radius 1 is 1.03 bits per heavy atom. The molecule has 1 atom stereocenters. The number of aromatic nitrogens is 2. The van der Waals surface area contributed by atoms with Crippen molar-refractivity contribution in [3.8, 4) is 11.3 Å². The Morgan fingerprint density at radius 3 is 2.31 bits per heavy atom. The molecule has 2 aromatic carbocycles. The normalized spacial score (nSPS) is 11.9. The highest BCUT2D eigenvalue weighted by Gasteiger charge is 2.24. The predicted molar refractivity (Wildman–Crippen MR) is 108 cm³/mol. The third-order valence-electron chi connectivity index (χ3n) is 4.57. The molecule has 6 nitrogen and oxygen atoms in total. The van der Waals surface area contributed by atoms with Gasteiger partial charge in [0.2, 0.25) is 5.91 Å². The van der Waals surface area contributed by atoms with Gasteiger partial charge in [-0.05, 0) is 47.4 Å². The second-order valence-corrected chi connectivity index (χ2v) is 7.09. The van der Waals surface area contributed by atoms with E-state index in [1.54, 1.807) is 6.20 Å². The number of H-pyrrole nitrogens is 1. The molecule has 3 rings (SSSR count). The molecule has 0 aliphatic rings. The fourth-order valence-electron chi connectivity index (χ4n) is 2.88. The van der Waals surface area contributed by atoms with Crippen LogP contribution in [0.3, 0.4) is 0 Å². The number of amides is 2. The van der Waals surface area contributed by atoms with Crippen molar-refractivity contribution in [1.82, 2.24) is 20.8 Å². The molecule has 0 aliphatic heterocycles. The standard InChI is InChI=1S/C22H23FN4O2/c1-14(2)20(26-21(28)17-7-9-18(23)10-8-17)22(29)24-13-15-3-5-16(6-4-15)19-11-12-25-27-19/h3-12,14,20H,13H2,1-2H3,(H,24,29)(H,25,27)(H,26,28). The van der Waals surface area contributed by atoms with Crippen molar-refractivity contribution in [3.63, 3.8) is 0 Å². The molecule has 0 radical (unpaired) electrons. The first kappa shape index (κ1) is 20.3. The minimum atomic E-state index is -0.697. The van der Waals surface area contributed by atoms with E-state index in [0.717, 1.165) is 16.8 Å². The molecule has 1 aromatic heterocycles. The van der Waals surface area contributed by atoms with Crippen molar-refractivity contribution in [2.75, 3.05) is 0 Å². The first-order chi connectivity index (χ1) is 13.9. The van der Waals surface area contributed by atoms with Gasteiger partial charge in [0, 0.05) is 18.3 Å². The molecule has 1 heterocycles. The molecular formula is C22H23FN4O2. The minimum Gasteiger partial charge on any atom is -0.350 e. The number of hydrogen-bond acceptors (Lipinski definition) is 3. The lowest BCUT2D eigenvalue weighted by Crippen LogP contribution is -2.49. The van der Waals surface area contributed by atoms with Crippen molar-refractivity contribution in [2.24, 2.45) is 5.92 Å². The molecule has 2 amide bonds. The van der Waals surface area contributed by atoms with Gasteiger partial charge in [0.1, 0.15) is 11.9 Å². The lowest BCUT2D eigenvalue weighted by molar-refractivity contribution is -0.124. The zero-order valence-electron chi connectivity index (χ0n) is 16.3. The zero-order valence-corrected chi connectivity index (χ0v) is 16.3. The van der Waals surface area contributed by atoms with E-state index in [9.17, 15) is 14.0 Å². The van der Waals surface area contributed by atoms with Crippen molar-refractivity contribution in [3.05, 3.63) is 77.7 Å². The summed E-state index contributed by atoms with van der Waals surface area (Å²) in [4.78, 5) is 25.0. The largest absolute Gasteiger partial charge is 0.350 e. The molecule has 0 bridgehead atoms. The van der Waals surface area contributed by atoms with Gasteiger partial charge in [0.05, 0.1) is 5.69 Å². The van der Waals surface area contributed by atoms with Gasteiger partial charge in [-0.2, -0.15) is 5.10 Å². The lowest BCUT2D eigenvalue weighted by Gasteiger charge is -2.22. The van der Waals surface area contributed by atoms with E-state index in [-0.39, 0.29) is 11.8 Å². The second kappa shape index (κ2) is 9.14. The molecule has 0 aliphatic carbocycles. The van der Waals surface area contributed by atoms with Gasteiger partial charge in [-0.1, -0.05) is 38.1 Å². The van der Waals surface area contributed by atoms with E-state index in [4.69, 9.17) is 0 Å². The first-order valence-corrected chi connectivity index (χ1v) is 9.37. The Hall–Kier alpha value is -3.48. The summed E-state index contributed by atoms with van der Waals surface area (Å²) in [6.45, 7) is 4.06. The van der Waals surface area contributed by atoms with E-state index >= 15 is 0 Å². The Morgan fingerprint density at radius 2 is 1.72 bits per heavy atom. The van der Waals surface area contributed by atoms with Crippen LogP contribution in [0.25, 0.3) is 11.3 Å². The molecule has 29 heavy (non-hydrogen) atoms. The topological polar surface area (TPSA) is 86.9 Å². The number of hydrogen-bond donors (Lipinski definition) is 3. The Balaban J connectivity index is 1.59. The zero-order chi connectivity index (χ0) is 20.8. The highest BCUT2D eigenvalue weighted by Crippen LogP contribution is 2.16. The second-order valence-electron chi connectivity index (χ2n) is 7.09. The fourth-order valence-corrected chi connectivity index (χ4v) is 2.88. The number of nitrogens with one attached hydrogen (secondary N) is 3. The molecular weight excluding hydrogens is 371 g/mol. The average Bonchev–Trinajstić information content (AvgIpc) is 3.25. The smallest absolute Gasteiger partial charge is 0.251 e. The van der Waals surface area contributed by atoms with E-state index in [1.165, 1.54) is 24.3 Å². The number of halogens is 1. The summed E-state index contributed by atoms with van der Waals surface area (Å²) >= 11 is 0. The highest BCUT2D eigenvalue weighted by atomic mass is 19.1. The van der Waals surface area contributed by atoms with Crippen LogP contribution in [0, 0.1) is 11.7 Å². The third kappa shape index (κ3) is 5.28. The molecule has 7 heteroatoms. The SMILES string of the molecule is CC(C)C(NC(=O)c1ccc(F)cc1)C(=O)NCc1ccc(-c2ccn[nH]2)cc1. The van der Waals surface area contributed by atoms with Gasteiger partial charge in [0.15, 0.2) is 0 Å². The van der Waals surface area contributed by atoms with Gasteiger partial charge in [-0.3, -0.25) is 14.7 Å². The summed E-state index contributed by atoms with van der Waals surface area (Å²) in [6, 6.07) is 14.2. The number of aromatic amines is 1. The Labute approximate surface area is 168 Å². The third-order valence-corrected chi connectivity index (χ3v) is 4.57. The number of benzene rings is 2. The highest BCUT2D eigenvalue weighted by molar-refractivity contribution is 5.97. The number of carbonyl (C=O) groups excluding carboxylic acids is 2. The van der Waals surface area contributed by atoms with Gasteiger partial charge < -0.3 is 10.6 Å². The molecule has 3 aromatic rings. The maximum Gasteiger partial charge on any atom is 0.251 e. The first-order valence-electron chi connectivity index (χ1n) is 9.37. The van der Waals surface area contributed by atoms with E-state index in [1.807, 2.05) is 44.2 Å². The van der Waals surface area contributed by atoms with Crippen LogP contribution in [0.1, 0.15) is 29.8 Å². The van der Waals surface area contributed by atoms with Gasteiger partial charge in [-0.15, -0.1) is 0 Å². The van der Waals surface area contributed by atoms with Crippen LogP contribution in [0.15, 0.2) is 60.8 Å². The fraction of sp³-hybridized carbons (Fsp3) is 0.227. The molecule has 3 N–H and O–H groups in total. The van der Waals surface area contributed by atoms with Crippen molar-refractivity contribution < 1.29 is 14.0 Å². The van der Waals surface area contributed by atoms with Crippen LogP contribution >= 0.6 is 0 Å². The van der Waals surface area contributed by atoms with E-state index in [2.05, 4.69) is 20.8 Å². The van der Waals surface area contributed by atoms with Crippen LogP contribution in [0.2, 0.25) is 0 Å². The summed E-state index contributed by atoms with van der Waals surface area (Å²) in [5.74, 6) is -1.21. The van der Waals surface area contributed by atoms with Crippen LogP contribution in [-0.4, -0.2) is 28.1 Å². The lowest BCUT2D eigenvalue weighted by atomic mass is 10.0. The van der Waals surface area contributed by atoms with Crippen LogP contribution in [0.4, 0.5) is 4.39 Å². The molecule has 0 saturated carbocycles. The van der Waals surface area contributed by atoms with Gasteiger partial charge >= 0.3 is 0 Å². The molecule has 0 saturated heterocycles. The molecule has 0 spiro atoms.